The molecule has 0 aliphatic rings. The predicted molar refractivity (Wildman–Crippen MR) is 119 cm³/mol. The first-order valence-electron chi connectivity index (χ1n) is 10.7. The summed E-state index contributed by atoms with van der Waals surface area (Å²) >= 11 is 0. The van der Waals surface area contributed by atoms with Gasteiger partial charge in [0.05, 0.1) is 12.2 Å². The van der Waals surface area contributed by atoms with Crippen LogP contribution in [0.5, 0.6) is 5.75 Å². The summed E-state index contributed by atoms with van der Waals surface area (Å²) in [5.74, 6) is -1.85. The first kappa shape index (κ1) is 23.7. The maximum atomic E-state index is 15.1. The fraction of sp³-hybridized carbons (Fsp3) is 0.185. The first-order chi connectivity index (χ1) is 16.2. The summed E-state index contributed by atoms with van der Waals surface area (Å²) in [5, 5.41) is 0.916. The van der Waals surface area contributed by atoms with Crippen LogP contribution < -0.4 is 4.74 Å². The van der Waals surface area contributed by atoms with E-state index in [9.17, 15) is 22.0 Å². The van der Waals surface area contributed by atoms with Gasteiger partial charge >= 0.3 is 6.18 Å². The number of fused-ring (bicyclic) bond motifs is 1. The lowest BCUT2D eigenvalue weighted by molar-refractivity contribution is -0.140. The van der Waals surface area contributed by atoms with Crippen LogP contribution in [0, 0.1) is 17.5 Å². The molecule has 0 atom stereocenters. The fourth-order valence-electron chi connectivity index (χ4n) is 3.91. The van der Waals surface area contributed by atoms with Gasteiger partial charge < -0.3 is 4.74 Å². The zero-order valence-corrected chi connectivity index (χ0v) is 18.1. The van der Waals surface area contributed by atoms with E-state index >= 15 is 4.39 Å². The highest BCUT2D eigenvalue weighted by molar-refractivity contribution is 5.88. The van der Waals surface area contributed by atoms with E-state index in [0.717, 1.165) is 6.07 Å². The van der Waals surface area contributed by atoms with Crippen LogP contribution in [0.15, 0.2) is 66.7 Å². The summed E-state index contributed by atoms with van der Waals surface area (Å²) in [5.41, 5.74) is 0.312. The number of rotatable bonds is 6. The minimum Gasteiger partial charge on any atom is -0.494 e. The number of benzene rings is 4. The maximum absolute atomic E-state index is 15.1. The van der Waals surface area contributed by atoms with Gasteiger partial charge in [-0.15, -0.1) is 0 Å². The third-order valence-electron chi connectivity index (χ3n) is 5.62. The molecule has 34 heavy (non-hydrogen) atoms. The van der Waals surface area contributed by atoms with Crippen LogP contribution in [0.2, 0.25) is 0 Å². The van der Waals surface area contributed by atoms with Crippen molar-refractivity contribution < 1.29 is 31.1 Å². The molecular weight excluding hydrogens is 454 g/mol. The van der Waals surface area contributed by atoms with Crippen molar-refractivity contribution in [2.24, 2.45) is 0 Å². The Morgan fingerprint density at radius 3 is 2.24 bits per heavy atom. The molecular formula is C27H20F6O. The lowest BCUT2D eigenvalue weighted by Gasteiger charge is -2.11. The number of halogens is 6. The van der Waals surface area contributed by atoms with Crippen LogP contribution in [-0.2, 0) is 19.0 Å². The van der Waals surface area contributed by atoms with E-state index in [-0.39, 0.29) is 12.8 Å². The Morgan fingerprint density at radius 1 is 0.765 bits per heavy atom. The van der Waals surface area contributed by atoms with Crippen LogP contribution >= 0.6 is 0 Å². The van der Waals surface area contributed by atoms with Crippen molar-refractivity contribution in [1.82, 2.24) is 0 Å². The van der Waals surface area contributed by atoms with E-state index in [1.807, 2.05) is 0 Å². The highest BCUT2D eigenvalue weighted by Crippen LogP contribution is 2.33. The largest absolute Gasteiger partial charge is 0.494 e. The summed E-state index contributed by atoms with van der Waals surface area (Å²) in [6.45, 7) is 2.23. The van der Waals surface area contributed by atoms with Gasteiger partial charge in [-0.3, -0.25) is 0 Å². The molecule has 0 amide bonds. The molecule has 0 fully saturated rings. The second-order valence-electron chi connectivity index (χ2n) is 7.86. The van der Waals surface area contributed by atoms with Crippen molar-refractivity contribution in [1.29, 1.82) is 0 Å². The zero-order chi connectivity index (χ0) is 24.5. The summed E-state index contributed by atoms with van der Waals surface area (Å²) in [4.78, 5) is 0. The van der Waals surface area contributed by atoms with Gasteiger partial charge in [-0.1, -0.05) is 30.3 Å². The summed E-state index contributed by atoms with van der Waals surface area (Å²) in [6.07, 6.45) is -4.41. The van der Waals surface area contributed by atoms with Gasteiger partial charge in [-0.25, -0.2) is 13.2 Å². The normalized spacial score (nSPS) is 11.7. The average Bonchev–Trinajstić information content (AvgIpc) is 2.78. The van der Waals surface area contributed by atoms with Crippen LogP contribution in [0.25, 0.3) is 21.9 Å². The van der Waals surface area contributed by atoms with E-state index in [4.69, 9.17) is 4.74 Å². The van der Waals surface area contributed by atoms with Crippen LogP contribution in [0.3, 0.4) is 0 Å². The Balaban J connectivity index is 1.56. The second-order valence-corrected chi connectivity index (χ2v) is 7.86. The van der Waals surface area contributed by atoms with E-state index in [1.54, 1.807) is 49.4 Å². The van der Waals surface area contributed by atoms with E-state index in [1.165, 1.54) is 12.1 Å². The molecule has 0 aliphatic heterocycles. The van der Waals surface area contributed by atoms with E-state index < -0.39 is 29.2 Å². The van der Waals surface area contributed by atoms with Crippen molar-refractivity contribution in [3.8, 4) is 16.9 Å². The topological polar surface area (TPSA) is 9.23 Å². The second kappa shape index (κ2) is 9.41. The number of ether oxygens (including phenoxy) is 1. The van der Waals surface area contributed by atoms with Crippen molar-refractivity contribution in [3.05, 3.63) is 101 Å². The third kappa shape index (κ3) is 4.88. The molecule has 0 spiro atoms. The average molecular weight is 474 g/mol. The molecule has 0 aromatic heterocycles. The fourth-order valence-corrected chi connectivity index (χ4v) is 3.91. The molecule has 4 aromatic carbocycles. The Morgan fingerprint density at radius 2 is 1.56 bits per heavy atom. The zero-order valence-electron chi connectivity index (χ0n) is 18.1. The highest BCUT2D eigenvalue weighted by Gasteiger charge is 2.33. The third-order valence-corrected chi connectivity index (χ3v) is 5.62. The van der Waals surface area contributed by atoms with Crippen molar-refractivity contribution in [3.63, 3.8) is 0 Å². The molecule has 0 unspecified atom stereocenters. The van der Waals surface area contributed by atoms with Gasteiger partial charge in [0.2, 0.25) is 0 Å². The Hall–Kier alpha value is -3.48. The van der Waals surface area contributed by atoms with Gasteiger partial charge in [0, 0.05) is 17.0 Å². The number of hydrogen-bond donors (Lipinski definition) is 0. The van der Waals surface area contributed by atoms with Crippen LogP contribution in [0.1, 0.15) is 23.6 Å². The summed E-state index contributed by atoms with van der Waals surface area (Å²) < 4.78 is 86.9. The highest BCUT2D eigenvalue weighted by atomic mass is 19.4. The maximum Gasteiger partial charge on any atom is 0.419 e. The molecule has 0 saturated carbocycles. The Kier molecular flexibility index (Phi) is 6.55. The quantitative estimate of drug-likeness (QED) is 0.256. The van der Waals surface area contributed by atoms with E-state index in [2.05, 4.69) is 0 Å². The molecule has 4 aromatic rings. The number of hydrogen-bond acceptors (Lipinski definition) is 1. The molecule has 0 bridgehead atoms. The number of alkyl halides is 3. The molecule has 4 rings (SSSR count). The molecule has 7 heteroatoms. The Bertz CT molecular complexity index is 1340. The summed E-state index contributed by atoms with van der Waals surface area (Å²) in [7, 11) is 0. The smallest absolute Gasteiger partial charge is 0.419 e. The predicted octanol–water partition coefficient (Wildman–Crippen LogP) is 8.13. The van der Waals surface area contributed by atoms with Crippen LogP contribution in [-0.4, -0.2) is 6.61 Å². The van der Waals surface area contributed by atoms with E-state index in [0.29, 0.717) is 51.4 Å². The van der Waals surface area contributed by atoms with Gasteiger partial charge in [-0.05, 0) is 72.2 Å². The summed E-state index contributed by atoms with van der Waals surface area (Å²) in [6, 6.07) is 15.5. The molecule has 1 nitrogen and oxygen atoms in total. The van der Waals surface area contributed by atoms with Gasteiger partial charge in [-0.2, -0.15) is 13.2 Å². The number of aryl methyl sites for hydroxylation is 2. The molecule has 0 saturated heterocycles. The molecule has 0 heterocycles. The minimum atomic E-state index is -4.76. The van der Waals surface area contributed by atoms with Crippen molar-refractivity contribution in [2.75, 3.05) is 6.61 Å². The molecule has 0 radical (unpaired) electrons. The van der Waals surface area contributed by atoms with Crippen molar-refractivity contribution >= 4 is 10.8 Å². The van der Waals surface area contributed by atoms with Gasteiger partial charge in [0.25, 0.3) is 0 Å². The Labute approximate surface area is 192 Å². The minimum absolute atomic E-state index is 0.174. The van der Waals surface area contributed by atoms with Crippen molar-refractivity contribution in [2.45, 2.75) is 25.9 Å². The molecule has 0 N–H and O–H groups in total. The van der Waals surface area contributed by atoms with Gasteiger partial charge in [0.1, 0.15) is 23.2 Å². The first-order valence-corrected chi connectivity index (χ1v) is 10.7. The monoisotopic (exact) mass is 474 g/mol. The standard InChI is InChI=1S/C27H20F6O/c1-2-34-20-9-11-21(24(28)15-20)18-8-10-22-19(14-18)7-6-17(26(22)30)5-3-16-4-12-23(25(29)13-16)27(31,32)33/h4,6-15H,2-3,5H2,1H3. The molecule has 0 aliphatic carbocycles. The SMILES string of the molecule is CCOc1ccc(-c2ccc3c(F)c(CCc4ccc(C(F)(F)F)c(F)c4)ccc3c2)c(F)c1. The van der Waals surface area contributed by atoms with Crippen LogP contribution in [0.4, 0.5) is 26.3 Å². The lowest BCUT2D eigenvalue weighted by atomic mass is 9.96. The van der Waals surface area contributed by atoms with Gasteiger partial charge in [0.15, 0.2) is 0 Å². The lowest BCUT2D eigenvalue weighted by Crippen LogP contribution is -2.08. The molecule has 176 valence electrons.